The van der Waals surface area contributed by atoms with Crippen LogP contribution in [-0.4, -0.2) is 55.6 Å². The number of thiazole rings is 1. The molecule has 0 saturated carbocycles. The largest absolute Gasteiger partial charge is 0.460 e. The van der Waals surface area contributed by atoms with Crippen LogP contribution >= 0.6 is 11.3 Å². The smallest absolute Gasteiger partial charge is 0.362 e. The van der Waals surface area contributed by atoms with Gasteiger partial charge in [0.15, 0.2) is 15.0 Å². The number of nitrogens with zero attached hydrogens (tertiary/aromatic N) is 2. The first-order valence-corrected chi connectivity index (χ1v) is 11.6. The summed E-state index contributed by atoms with van der Waals surface area (Å²) < 4.78 is 34.7. The Balaban J connectivity index is 2.03. The van der Waals surface area contributed by atoms with E-state index in [-0.39, 0.29) is 21.4 Å². The molecule has 0 amide bonds. The molecule has 2 rings (SSSR count). The zero-order chi connectivity index (χ0) is 23.1. The minimum absolute atomic E-state index is 0.0719. The van der Waals surface area contributed by atoms with E-state index in [1.54, 1.807) is 39.0 Å². The number of benzene rings is 1. The molecule has 0 fully saturated rings. The molecular formula is C19H23N3O7S2. The summed E-state index contributed by atoms with van der Waals surface area (Å²) in [4.78, 5) is 33.2. The molecule has 31 heavy (non-hydrogen) atoms. The van der Waals surface area contributed by atoms with Gasteiger partial charge in [-0.15, -0.1) is 11.3 Å². The van der Waals surface area contributed by atoms with Gasteiger partial charge in [-0.1, -0.05) is 23.4 Å². The molecular weight excluding hydrogens is 446 g/mol. The quantitative estimate of drug-likeness (QED) is 0.330. The third-order valence-electron chi connectivity index (χ3n) is 3.40. The van der Waals surface area contributed by atoms with Gasteiger partial charge in [-0.2, -0.15) is 0 Å². The van der Waals surface area contributed by atoms with Crippen LogP contribution in [0.5, 0.6) is 0 Å². The predicted molar refractivity (Wildman–Crippen MR) is 114 cm³/mol. The fourth-order valence-corrected chi connectivity index (χ4v) is 3.82. The summed E-state index contributed by atoms with van der Waals surface area (Å²) in [7, 11) is -3.63. The highest BCUT2D eigenvalue weighted by atomic mass is 32.2. The maximum atomic E-state index is 12.5. The Kier molecular flexibility index (Phi) is 8.11. The molecule has 168 valence electrons. The highest BCUT2D eigenvalue weighted by molar-refractivity contribution is 7.91. The summed E-state index contributed by atoms with van der Waals surface area (Å²) in [6.45, 7) is 4.12. The Hall–Kier alpha value is -2.99. The van der Waals surface area contributed by atoms with Crippen LogP contribution in [0.3, 0.4) is 0 Å². The van der Waals surface area contributed by atoms with Crippen LogP contribution in [0, 0.1) is 0 Å². The average Bonchev–Trinajstić information content (AvgIpc) is 3.10. The molecule has 10 nitrogen and oxygen atoms in total. The van der Waals surface area contributed by atoms with Crippen molar-refractivity contribution in [2.24, 2.45) is 5.16 Å². The normalized spacial score (nSPS) is 12.3. The number of hydrogen-bond acceptors (Lipinski definition) is 11. The van der Waals surface area contributed by atoms with Gasteiger partial charge in [-0.05, 0) is 32.9 Å². The lowest BCUT2D eigenvalue weighted by atomic mass is 10.2. The first-order valence-electron chi connectivity index (χ1n) is 9.06. The maximum absolute atomic E-state index is 12.5. The molecule has 0 atom stereocenters. The number of ether oxygens (including phenoxy) is 2. The van der Waals surface area contributed by atoms with Crippen LogP contribution in [0.15, 0.2) is 45.8 Å². The number of anilines is 1. The second-order valence-corrected chi connectivity index (χ2v) is 10.1. The zero-order valence-corrected chi connectivity index (χ0v) is 18.9. The van der Waals surface area contributed by atoms with E-state index in [2.05, 4.69) is 10.1 Å². The molecule has 12 heteroatoms. The van der Waals surface area contributed by atoms with E-state index in [4.69, 9.17) is 20.0 Å². The SMILES string of the molecule is CC(C)(C)OC(=O)CON=C(C(=O)OCCS(=O)(=O)c1ccccc1)c1csc(N)n1. The molecule has 1 aromatic carbocycles. The van der Waals surface area contributed by atoms with Gasteiger partial charge < -0.3 is 20.0 Å². The Labute approximate surface area is 183 Å². The van der Waals surface area contributed by atoms with Gasteiger partial charge in [-0.25, -0.2) is 23.0 Å². The fraction of sp³-hybridized carbons (Fsp3) is 0.368. The highest BCUT2D eigenvalue weighted by Crippen LogP contribution is 2.14. The second-order valence-electron chi connectivity index (χ2n) is 7.14. The van der Waals surface area contributed by atoms with E-state index in [0.717, 1.165) is 11.3 Å². The summed E-state index contributed by atoms with van der Waals surface area (Å²) in [5, 5.41) is 5.26. The van der Waals surface area contributed by atoms with Gasteiger partial charge in [0.05, 0.1) is 10.6 Å². The van der Waals surface area contributed by atoms with Crippen molar-refractivity contribution in [3.63, 3.8) is 0 Å². The van der Waals surface area contributed by atoms with Crippen molar-refractivity contribution in [2.45, 2.75) is 31.3 Å². The van der Waals surface area contributed by atoms with Crippen molar-refractivity contribution in [1.82, 2.24) is 4.98 Å². The monoisotopic (exact) mass is 469 g/mol. The molecule has 0 unspecified atom stereocenters. The summed E-state index contributed by atoms with van der Waals surface area (Å²) in [6, 6.07) is 7.79. The molecule has 0 aliphatic heterocycles. The fourth-order valence-electron chi connectivity index (χ4n) is 2.16. The van der Waals surface area contributed by atoms with Crippen molar-refractivity contribution in [3.8, 4) is 0 Å². The van der Waals surface area contributed by atoms with E-state index < -0.39 is 46.3 Å². The maximum Gasteiger partial charge on any atom is 0.362 e. The number of esters is 2. The Bertz CT molecular complexity index is 1040. The first kappa shape index (κ1) is 24.3. The number of nitrogens with two attached hydrogens (primary N) is 1. The van der Waals surface area contributed by atoms with Gasteiger partial charge in [-0.3, -0.25) is 0 Å². The highest BCUT2D eigenvalue weighted by Gasteiger charge is 2.23. The van der Waals surface area contributed by atoms with Crippen LogP contribution in [0.2, 0.25) is 0 Å². The molecule has 1 aromatic heterocycles. The minimum atomic E-state index is -3.63. The Morgan fingerprint density at radius 2 is 1.87 bits per heavy atom. The van der Waals surface area contributed by atoms with E-state index in [0.29, 0.717) is 0 Å². The van der Waals surface area contributed by atoms with Crippen LogP contribution in [-0.2, 0) is 33.7 Å². The number of aromatic nitrogens is 1. The number of nitrogen functional groups attached to an aromatic ring is 1. The molecule has 0 aliphatic rings. The number of rotatable bonds is 9. The summed E-state index contributed by atoms with van der Waals surface area (Å²) >= 11 is 1.06. The summed E-state index contributed by atoms with van der Waals surface area (Å²) in [5.74, 6) is -2.08. The first-order chi connectivity index (χ1) is 14.5. The number of sulfone groups is 1. The third kappa shape index (κ3) is 7.98. The van der Waals surface area contributed by atoms with E-state index >= 15 is 0 Å². The minimum Gasteiger partial charge on any atom is -0.460 e. The number of carbonyl (C=O) groups excluding carboxylic acids is 2. The lowest BCUT2D eigenvalue weighted by molar-refractivity contribution is -0.160. The van der Waals surface area contributed by atoms with Crippen molar-refractivity contribution in [1.29, 1.82) is 0 Å². The van der Waals surface area contributed by atoms with E-state index in [1.165, 1.54) is 17.5 Å². The molecule has 2 N–H and O–H groups in total. The molecule has 2 aromatic rings. The lowest BCUT2D eigenvalue weighted by Crippen LogP contribution is -2.27. The van der Waals surface area contributed by atoms with Crippen LogP contribution < -0.4 is 5.73 Å². The second kappa shape index (κ2) is 10.4. The molecule has 0 spiro atoms. The Morgan fingerprint density at radius 1 is 1.19 bits per heavy atom. The number of hydrogen-bond donors (Lipinski definition) is 1. The molecule has 1 heterocycles. The number of oxime groups is 1. The van der Waals surface area contributed by atoms with Gasteiger partial charge >= 0.3 is 11.9 Å². The third-order valence-corrected chi connectivity index (χ3v) is 5.77. The van der Waals surface area contributed by atoms with Crippen LogP contribution in [0.25, 0.3) is 0 Å². The molecule has 0 radical (unpaired) electrons. The van der Waals surface area contributed by atoms with Crippen LogP contribution in [0.1, 0.15) is 26.5 Å². The van der Waals surface area contributed by atoms with Gasteiger partial charge in [0.2, 0.25) is 12.3 Å². The van der Waals surface area contributed by atoms with Crippen molar-refractivity contribution < 1.29 is 32.3 Å². The van der Waals surface area contributed by atoms with Crippen molar-refractivity contribution in [3.05, 3.63) is 41.4 Å². The zero-order valence-electron chi connectivity index (χ0n) is 17.2. The molecule has 0 bridgehead atoms. The van der Waals surface area contributed by atoms with E-state index in [1.807, 2.05) is 0 Å². The van der Waals surface area contributed by atoms with Crippen molar-refractivity contribution >= 4 is 44.0 Å². The van der Waals surface area contributed by atoms with Gasteiger partial charge in [0.1, 0.15) is 17.9 Å². The van der Waals surface area contributed by atoms with Crippen LogP contribution in [0.4, 0.5) is 5.13 Å². The number of carbonyl (C=O) groups is 2. The van der Waals surface area contributed by atoms with Crippen molar-refractivity contribution in [2.75, 3.05) is 24.7 Å². The summed E-state index contributed by atoms with van der Waals surface area (Å²) in [6.07, 6.45) is 0. The topological polar surface area (TPSA) is 147 Å². The summed E-state index contributed by atoms with van der Waals surface area (Å²) in [5.41, 5.74) is 4.60. The predicted octanol–water partition coefficient (Wildman–Crippen LogP) is 1.80. The van der Waals surface area contributed by atoms with Gasteiger partial charge in [0.25, 0.3) is 0 Å². The molecule has 0 saturated heterocycles. The standard InChI is InChI=1S/C19H23N3O7S2/c1-19(2,3)29-15(23)11-28-22-16(14-12-30-18(20)21-14)17(24)27-9-10-31(25,26)13-7-5-4-6-8-13/h4-8,12H,9-11H2,1-3H3,(H2,20,21). The Morgan fingerprint density at radius 3 is 2.45 bits per heavy atom. The van der Waals surface area contributed by atoms with E-state index in [9.17, 15) is 18.0 Å². The molecule has 0 aliphatic carbocycles. The lowest BCUT2D eigenvalue weighted by Gasteiger charge is -2.18. The average molecular weight is 470 g/mol. The van der Waals surface area contributed by atoms with Gasteiger partial charge in [0, 0.05) is 5.38 Å².